The summed E-state index contributed by atoms with van der Waals surface area (Å²) in [6.07, 6.45) is 8.88. The summed E-state index contributed by atoms with van der Waals surface area (Å²) in [6, 6.07) is 23.6. The molecule has 0 amide bonds. The number of nitriles is 1. The van der Waals surface area contributed by atoms with Crippen molar-refractivity contribution in [1.82, 2.24) is 14.1 Å². The molecule has 6 heteroatoms. The van der Waals surface area contributed by atoms with Crippen molar-refractivity contribution in [1.29, 1.82) is 5.26 Å². The predicted molar refractivity (Wildman–Crippen MR) is 139 cm³/mol. The molecule has 5 rings (SSSR count). The molecule has 0 saturated heterocycles. The van der Waals surface area contributed by atoms with E-state index in [4.69, 9.17) is 6.42 Å². The Morgan fingerprint density at radius 3 is 2.39 bits per heavy atom. The number of hydrogen-bond donors (Lipinski definition) is 1. The Morgan fingerprint density at radius 1 is 0.972 bits per heavy atom. The summed E-state index contributed by atoms with van der Waals surface area (Å²) in [5.74, 6) is 2.65. The zero-order chi connectivity index (χ0) is 25.4. The fourth-order valence-electron chi connectivity index (χ4n) is 4.66. The van der Waals surface area contributed by atoms with Gasteiger partial charge in [0.25, 0.3) is 5.56 Å². The van der Waals surface area contributed by atoms with Crippen LogP contribution in [0, 0.1) is 23.7 Å². The van der Waals surface area contributed by atoms with Crippen LogP contribution in [0.15, 0.2) is 90.1 Å². The molecule has 3 aromatic carbocycles. The highest BCUT2D eigenvalue weighted by Gasteiger charge is 2.37. The van der Waals surface area contributed by atoms with Gasteiger partial charge in [-0.2, -0.15) is 5.26 Å². The van der Waals surface area contributed by atoms with E-state index in [1.807, 2.05) is 49.5 Å². The van der Waals surface area contributed by atoms with Gasteiger partial charge >= 0.3 is 0 Å². The first kappa shape index (κ1) is 22.9. The van der Waals surface area contributed by atoms with Crippen LogP contribution in [-0.4, -0.2) is 19.2 Å². The molecule has 174 valence electrons. The SMILES string of the molecule is C#Cc1cccc(-c2cc(=O)n(C)c3ccc([C@](O)(c4ccc(C#N)cc4)c4cncn4C)cc23)c1. The number of benzene rings is 3. The number of hydrogen-bond acceptors (Lipinski definition) is 4. The maximum absolute atomic E-state index is 12.8. The highest BCUT2D eigenvalue weighted by atomic mass is 16.3. The van der Waals surface area contributed by atoms with E-state index in [-0.39, 0.29) is 5.56 Å². The second kappa shape index (κ2) is 8.70. The maximum atomic E-state index is 12.8. The summed E-state index contributed by atoms with van der Waals surface area (Å²) in [4.78, 5) is 17.0. The Labute approximate surface area is 208 Å². The number of pyridine rings is 1. The van der Waals surface area contributed by atoms with Gasteiger partial charge in [-0.25, -0.2) is 4.98 Å². The molecule has 0 aliphatic rings. The third-order valence-corrected chi connectivity index (χ3v) is 6.62. The molecule has 6 nitrogen and oxygen atoms in total. The molecule has 0 aliphatic carbocycles. The van der Waals surface area contributed by atoms with Crippen molar-refractivity contribution in [2.75, 3.05) is 0 Å². The predicted octanol–water partition coefficient (Wildman–Crippen LogP) is 4.08. The second-order valence-corrected chi connectivity index (χ2v) is 8.70. The van der Waals surface area contributed by atoms with Crippen molar-refractivity contribution >= 4 is 10.9 Å². The third-order valence-electron chi connectivity index (χ3n) is 6.62. The van der Waals surface area contributed by atoms with Crippen LogP contribution in [0.25, 0.3) is 22.0 Å². The number of aryl methyl sites for hydroxylation is 2. The van der Waals surface area contributed by atoms with E-state index in [0.29, 0.717) is 27.9 Å². The lowest BCUT2D eigenvalue weighted by Crippen LogP contribution is -2.31. The smallest absolute Gasteiger partial charge is 0.251 e. The molecule has 36 heavy (non-hydrogen) atoms. The van der Waals surface area contributed by atoms with Crippen LogP contribution in [0.3, 0.4) is 0 Å². The van der Waals surface area contributed by atoms with E-state index in [2.05, 4.69) is 17.0 Å². The number of terminal acetylenes is 1. The number of fused-ring (bicyclic) bond motifs is 1. The number of aromatic nitrogens is 3. The summed E-state index contributed by atoms with van der Waals surface area (Å²) in [5, 5.41) is 22.4. The monoisotopic (exact) mass is 470 g/mol. The number of imidazole rings is 1. The Kier molecular flexibility index (Phi) is 5.53. The number of aliphatic hydroxyl groups is 1. The van der Waals surface area contributed by atoms with Crippen LogP contribution in [0.1, 0.15) is 27.9 Å². The summed E-state index contributed by atoms with van der Waals surface area (Å²) in [6.45, 7) is 0. The molecule has 0 fully saturated rings. The Hall–Kier alpha value is -4.91. The van der Waals surface area contributed by atoms with Crippen LogP contribution >= 0.6 is 0 Å². The van der Waals surface area contributed by atoms with Crippen molar-refractivity contribution in [2.24, 2.45) is 14.1 Å². The van der Waals surface area contributed by atoms with Gasteiger partial charge in [0.2, 0.25) is 0 Å². The third kappa shape index (κ3) is 3.58. The van der Waals surface area contributed by atoms with Gasteiger partial charge in [-0.05, 0) is 58.7 Å². The van der Waals surface area contributed by atoms with Crippen molar-refractivity contribution in [3.05, 3.63) is 124 Å². The molecule has 0 aliphatic heterocycles. The van der Waals surface area contributed by atoms with Crippen LogP contribution in [0.2, 0.25) is 0 Å². The van der Waals surface area contributed by atoms with Crippen molar-refractivity contribution in [3.63, 3.8) is 0 Å². The van der Waals surface area contributed by atoms with Gasteiger partial charge in [0.05, 0.1) is 35.4 Å². The van der Waals surface area contributed by atoms with Gasteiger partial charge in [0.1, 0.15) is 0 Å². The first-order valence-electron chi connectivity index (χ1n) is 11.3. The molecular formula is C30H22N4O2. The maximum Gasteiger partial charge on any atom is 0.251 e. The van der Waals surface area contributed by atoms with Crippen LogP contribution in [0.5, 0.6) is 0 Å². The first-order chi connectivity index (χ1) is 17.4. The summed E-state index contributed by atoms with van der Waals surface area (Å²) >= 11 is 0. The van der Waals surface area contributed by atoms with Gasteiger partial charge in [-0.3, -0.25) is 4.79 Å². The topological polar surface area (TPSA) is 83.8 Å². The lowest BCUT2D eigenvalue weighted by atomic mass is 9.82. The van der Waals surface area contributed by atoms with Gasteiger partial charge in [0, 0.05) is 31.1 Å². The Balaban J connectivity index is 1.83. The van der Waals surface area contributed by atoms with Gasteiger partial charge in [0.15, 0.2) is 5.60 Å². The fourth-order valence-corrected chi connectivity index (χ4v) is 4.66. The van der Waals surface area contributed by atoms with Crippen molar-refractivity contribution in [2.45, 2.75) is 5.60 Å². The normalized spacial score (nSPS) is 12.6. The fraction of sp³-hybridized carbons (Fsp3) is 0.100. The molecule has 1 N–H and O–H groups in total. The molecule has 5 aromatic rings. The largest absolute Gasteiger partial charge is 0.374 e. The molecule has 0 radical (unpaired) electrons. The second-order valence-electron chi connectivity index (χ2n) is 8.70. The average Bonchev–Trinajstić information content (AvgIpc) is 3.36. The average molecular weight is 471 g/mol. The lowest BCUT2D eigenvalue weighted by Gasteiger charge is -2.30. The molecule has 0 unspecified atom stereocenters. The molecule has 0 bridgehead atoms. The molecule has 0 spiro atoms. The molecule has 2 heterocycles. The Morgan fingerprint density at radius 2 is 1.72 bits per heavy atom. The van der Waals surface area contributed by atoms with Crippen molar-refractivity contribution < 1.29 is 5.11 Å². The summed E-state index contributed by atoms with van der Waals surface area (Å²) in [5.41, 5.74) is 3.49. The van der Waals surface area contributed by atoms with E-state index in [9.17, 15) is 15.2 Å². The standard InChI is InChI=1S/C30H22N4O2/c1-4-20-6-5-7-22(14-20)25-16-29(35)34(3)27-13-12-24(15-26(25)27)30(36,28-18-32-19-33(28)2)23-10-8-21(17-31)9-11-23/h1,5-16,18-19,36H,2-3H3/t30-/m1/s1. The minimum Gasteiger partial charge on any atom is -0.374 e. The van der Waals surface area contributed by atoms with E-state index in [1.165, 1.54) is 0 Å². The van der Waals surface area contributed by atoms with Gasteiger partial charge < -0.3 is 14.2 Å². The number of rotatable bonds is 4. The molecule has 2 aromatic heterocycles. The Bertz CT molecular complexity index is 1760. The van der Waals surface area contributed by atoms with E-state index in [0.717, 1.165) is 22.0 Å². The zero-order valence-corrected chi connectivity index (χ0v) is 19.8. The lowest BCUT2D eigenvalue weighted by molar-refractivity contribution is 0.117. The van der Waals surface area contributed by atoms with Gasteiger partial charge in [-0.15, -0.1) is 6.42 Å². The number of nitrogens with zero attached hydrogens (tertiary/aromatic N) is 4. The van der Waals surface area contributed by atoms with Crippen LogP contribution in [-0.2, 0) is 19.7 Å². The quantitative estimate of drug-likeness (QED) is 0.401. The zero-order valence-electron chi connectivity index (χ0n) is 19.8. The highest BCUT2D eigenvalue weighted by Crippen LogP contribution is 2.39. The van der Waals surface area contributed by atoms with E-state index < -0.39 is 5.60 Å². The van der Waals surface area contributed by atoms with E-state index in [1.54, 1.807) is 59.0 Å². The minimum atomic E-state index is -1.57. The molecular weight excluding hydrogens is 448 g/mol. The van der Waals surface area contributed by atoms with Crippen LogP contribution in [0.4, 0.5) is 0 Å². The molecule has 1 atom stereocenters. The highest BCUT2D eigenvalue weighted by molar-refractivity contribution is 5.95. The van der Waals surface area contributed by atoms with E-state index >= 15 is 0 Å². The van der Waals surface area contributed by atoms with Crippen LogP contribution < -0.4 is 5.56 Å². The summed E-state index contributed by atoms with van der Waals surface area (Å²) < 4.78 is 3.35. The van der Waals surface area contributed by atoms with Crippen molar-refractivity contribution in [3.8, 4) is 29.5 Å². The first-order valence-corrected chi connectivity index (χ1v) is 11.3. The minimum absolute atomic E-state index is 0.148. The summed E-state index contributed by atoms with van der Waals surface area (Å²) in [7, 11) is 3.54. The van der Waals surface area contributed by atoms with Gasteiger partial charge in [-0.1, -0.05) is 36.3 Å². The molecule has 0 saturated carbocycles.